The third-order valence-electron chi connectivity index (χ3n) is 2.97. The lowest BCUT2D eigenvalue weighted by Crippen LogP contribution is -2.14. The van der Waals surface area contributed by atoms with Gasteiger partial charge in [0.05, 0.1) is 0 Å². The first-order valence-electron chi connectivity index (χ1n) is 7.10. The quantitative estimate of drug-likeness (QED) is 0.504. The molecule has 112 valence electrons. The first-order chi connectivity index (χ1) is 9.02. The SMILES string of the molecule is C[C@@H](CCC(N)=O)COCCCCCCCC(=O)O. The maximum Gasteiger partial charge on any atom is 0.303 e. The third kappa shape index (κ3) is 14.8. The van der Waals surface area contributed by atoms with Gasteiger partial charge in [0.15, 0.2) is 0 Å². The standard InChI is InChI=1S/C14H27NO4/c1-12(8-9-13(15)16)11-19-10-6-4-2-3-5-7-14(17)18/h12H,2-11H2,1H3,(H2,15,16)(H,17,18)/t12-/m0/s1. The van der Waals surface area contributed by atoms with Gasteiger partial charge in [-0.15, -0.1) is 0 Å². The number of hydrogen-bond acceptors (Lipinski definition) is 3. The van der Waals surface area contributed by atoms with E-state index in [1.54, 1.807) is 0 Å². The number of rotatable bonds is 13. The number of nitrogens with two attached hydrogens (primary N) is 1. The van der Waals surface area contributed by atoms with Crippen LogP contribution in [0.5, 0.6) is 0 Å². The van der Waals surface area contributed by atoms with Crippen LogP contribution in [0, 0.1) is 5.92 Å². The molecule has 5 heteroatoms. The van der Waals surface area contributed by atoms with Crippen molar-refractivity contribution >= 4 is 11.9 Å². The number of primary amides is 1. The molecule has 1 atom stereocenters. The lowest BCUT2D eigenvalue weighted by molar-refractivity contribution is -0.137. The van der Waals surface area contributed by atoms with Gasteiger partial charge in [0.1, 0.15) is 0 Å². The average Bonchev–Trinajstić information content (AvgIpc) is 2.34. The normalized spacial score (nSPS) is 12.3. The van der Waals surface area contributed by atoms with E-state index in [1.165, 1.54) is 0 Å². The van der Waals surface area contributed by atoms with E-state index in [-0.39, 0.29) is 12.3 Å². The van der Waals surface area contributed by atoms with Gasteiger partial charge in [-0.3, -0.25) is 9.59 Å². The van der Waals surface area contributed by atoms with Gasteiger partial charge in [0.25, 0.3) is 0 Å². The average molecular weight is 273 g/mol. The fourth-order valence-corrected chi connectivity index (χ4v) is 1.77. The molecular weight excluding hydrogens is 246 g/mol. The predicted molar refractivity (Wildman–Crippen MR) is 73.7 cm³/mol. The molecule has 0 aliphatic carbocycles. The second kappa shape index (κ2) is 12.0. The minimum atomic E-state index is -0.715. The summed E-state index contributed by atoms with van der Waals surface area (Å²) >= 11 is 0. The van der Waals surface area contributed by atoms with Crippen LogP contribution in [0.15, 0.2) is 0 Å². The number of hydrogen-bond donors (Lipinski definition) is 2. The van der Waals surface area contributed by atoms with Crippen LogP contribution in [0.3, 0.4) is 0 Å². The molecule has 0 saturated heterocycles. The van der Waals surface area contributed by atoms with Crippen molar-refractivity contribution in [2.75, 3.05) is 13.2 Å². The molecule has 1 amide bonds. The van der Waals surface area contributed by atoms with Crippen LogP contribution < -0.4 is 5.73 Å². The summed E-state index contributed by atoms with van der Waals surface area (Å²) in [5, 5.41) is 8.47. The lowest BCUT2D eigenvalue weighted by atomic mass is 10.1. The minimum absolute atomic E-state index is 0.256. The topological polar surface area (TPSA) is 89.6 Å². The van der Waals surface area contributed by atoms with Gasteiger partial charge in [0.2, 0.25) is 5.91 Å². The molecule has 0 fully saturated rings. The summed E-state index contributed by atoms with van der Waals surface area (Å²) in [6, 6.07) is 0. The van der Waals surface area contributed by atoms with Crippen molar-refractivity contribution in [2.24, 2.45) is 11.7 Å². The van der Waals surface area contributed by atoms with E-state index in [2.05, 4.69) is 6.92 Å². The molecule has 0 bridgehead atoms. The highest BCUT2D eigenvalue weighted by atomic mass is 16.5. The summed E-state index contributed by atoms with van der Waals surface area (Å²) in [7, 11) is 0. The largest absolute Gasteiger partial charge is 0.481 e. The van der Waals surface area contributed by atoms with E-state index < -0.39 is 5.97 Å². The van der Waals surface area contributed by atoms with Crippen LogP contribution in [0.2, 0.25) is 0 Å². The molecule has 0 heterocycles. The predicted octanol–water partition coefficient (Wildman–Crippen LogP) is 2.33. The molecule has 0 rings (SSSR count). The van der Waals surface area contributed by atoms with E-state index in [4.69, 9.17) is 15.6 Å². The Balaban J connectivity index is 3.17. The molecule has 3 N–H and O–H groups in total. The van der Waals surface area contributed by atoms with E-state index in [1.807, 2.05) is 0 Å². The molecule has 0 aliphatic rings. The molecule has 5 nitrogen and oxygen atoms in total. The summed E-state index contributed by atoms with van der Waals surface area (Å²) in [5.74, 6) is -0.607. The molecule has 19 heavy (non-hydrogen) atoms. The fraction of sp³-hybridized carbons (Fsp3) is 0.857. The van der Waals surface area contributed by atoms with Crippen molar-refractivity contribution in [1.82, 2.24) is 0 Å². The second-order valence-electron chi connectivity index (χ2n) is 5.10. The lowest BCUT2D eigenvalue weighted by Gasteiger charge is -2.10. The Hall–Kier alpha value is -1.10. The highest BCUT2D eigenvalue weighted by Gasteiger charge is 2.04. The molecule has 0 aromatic heterocycles. The molecule has 0 spiro atoms. The minimum Gasteiger partial charge on any atom is -0.481 e. The Labute approximate surface area is 115 Å². The summed E-state index contributed by atoms with van der Waals surface area (Å²) in [4.78, 5) is 20.9. The van der Waals surface area contributed by atoms with Crippen molar-refractivity contribution < 1.29 is 19.4 Å². The number of carboxylic acid groups (broad SMARTS) is 1. The molecule has 0 aliphatic heterocycles. The first kappa shape index (κ1) is 17.9. The zero-order valence-electron chi connectivity index (χ0n) is 11.9. The molecule has 0 unspecified atom stereocenters. The van der Waals surface area contributed by atoms with Crippen LogP contribution in [0.4, 0.5) is 0 Å². The number of carboxylic acids is 1. The van der Waals surface area contributed by atoms with E-state index in [0.717, 1.165) is 45.1 Å². The first-order valence-corrected chi connectivity index (χ1v) is 7.10. The Bertz CT molecular complexity index is 256. The van der Waals surface area contributed by atoms with Crippen molar-refractivity contribution in [2.45, 2.75) is 58.3 Å². The van der Waals surface area contributed by atoms with Gasteiger partial charge >= 0.3 is 5.97 Å². The van der Waals surface area contributed by atoms with E-state index in [9.17, 15) is 9.59 Å². The Morgan fingerprint density at radius 2 is 1.74 bits per heavy atom. The van der Waals surface area contributed by atoms with Crippen LogP contribution in [0.25, 0.3) is 0 Å². The van der Waals surface area contributed by atoms with Crippen LogP contribution in [-0.2, 0) is 14.3 Å². The maximum absolute atomic E-state index is 10.6. The van der Waals surface area contributed by atoms with Crippen LogP contribution >= 0.6 is 0 Å². The molecule has 0 saturated carbocycles. The van der Waals surface area contributed by atoms with E-state index in [0.29, 0.717) is 18.9 Å². The maximum atomic E-state index is 10.6. The molecule has 0 radical (unpaired) electrons. The second-order valence-corrected chi connectivity index (χ2v) is 5.10. The number of amides is 1. The monoisotopic (exact) mass is 273 g/mol. The number of ether oxygens (including phenoxy) is 1. The van der Waals surface area contributed by atoms with Crippen molar-refractivity contribution in [3.63, 3.8) is 0 Å². The van der Waals surface area contributed by atoms with E-state index >= 15 is 0 Å². The van der Waals surface area contributed by atoms with Crippen molar-refractivity contribution in [3.05, 3.63) is 0 Å². The van der Waals surface area contributed by atoms with Gasteiger partial charge in [0, 0.05) is 26.1 Å². The highest BCUT2D eigenvalue weighted by molar-refractivity contribution is 5.73. The Kier molecular flexibility index (Phi) is 11.3. The third-order valence-corrected chi connectivity index (χ3v) is 2.97. The number of aliphatic carboxylic acids is 1. The molecular formula is C14H27NO4. The van der Waals surface area contributed by atoms with Crippen LogP contribution in [-0.4, -0.2) is 30.2 Å². The summed E-state index contributed by atoms with van der Waals surface area (Å²) in [6.45, 7) is 3.46. The van der Waals surface area contributed by atoms with Crippen molar-refractivity contribution in [1.29, 1.82) is 0 Å². The molecule has 0 aromatic rings. The smallest absolute Gasteiger partial charge is 0.303 e. The number of carbonyl (C=O) groups excluding carboxylic acids is 1. The zero-order chi connectivity index (χ0) is 14.5. The summed E-state index contributed by atoms with van der Waals surface area (Å²) < 4.78 is 5.53. The van der Waals surface area contributed by atoms with Crippen molar-refractivity contribution in [3.8, 4) is 0 Å². The van der Waals surface area contributed by atoms with Crippen LogP contribution in [0.1, 0.15) is 58.3 Å². The highest BCUT2D eigenvalue weighted by Crippen LogP contribution is 2.08. The summed E-state index contributed by atoms with van der Waals surface area (Å²) in [5.41, 5.74) is 5.08. The van der Waals surface area contributed by atoms with Gasteiger partial charge < -0.3 is 15.6 Å². The van der Waals surface area contributed by atoms with Gasteiger partial charge in [-0.05, 0) is 25.2 Å². The van der Waals surface area contributed by atoms with Gasteiger partial charge in [-0.2, -0.15) is 0 Å². The fourth-order valence-electron chi connectivity index (χ4n) is 1.77. The Morgan fingerprint density at radius 3 is 2.37 bits per heavy atom. The number of carbonyl (C=O) groups is 2. The summed E-state index contributed by atoms with van der Waals surface area (Å²) in [6.07, 6.45) is 6.37. The van der Waals surface area contributed by atoms with Gasteiger partial charge in [-0.25, -0.2) is 0 Å². The zero-order valence-corrected chi connectivity index (χ0v) is 11.9. The Morgan fingerprint density at radius 1 is 1.11 bits per heavy atom. The molecule has 0 aromatic carbocycles. The number of unbranched alkanes of at least 4 members (excludes halogenated alkanes) is 4. The van der Waals surface area contributed by atoms with Gasteiger partial charge in [-0.1, -0.05) is 26.2 Å².